The summed E-state index contributed by atoms with van der Waals surface area (Å²) in [7, 11) is 0. The maximum Gasteiger partial charge on any atom is 0.131 e. The first-order valence-electron chi connectivity index (χ1n) is 4.72. The van der Waals surface area contributed by atoms with Crippen molar-refractivity contribution in [3.05, 3.63) is 59.1 Å². The zero-order valence-electron chi connectivity index (χ0n) is 8.51. The average Bonchev–Trinajstić information content (AvgIpc) is 2.63. The second kappa shape index (κ2) is 4.26. The second-order valence-corrected chi connectivity index (χ2v) is 3.90. The first kappa shape index (κ1) is 11.1. The van der Waals surface area contributed by atoms with Crippen LogP contribution in [0.5, 0.6) is 0 Å². The number of alkyl halides is 1. The molecule has 2 rings (SSSR count). The van der Waals surface area contributed by atoms with E-state index in [4.69, 9.17) is 16.0 Å². The highest BCUT2D eigenvalue weighted by atomic mass is 35.5. The van der Waals surface area contributed by atoms with Crippen LogP contribution in [0.3, 0.4) is 0 Å². The lowest BCUT2D eigenvalue weighted by Crippen LogP contribution is -1.97. The summed E-state index contributed by atoms with van der Waals surface area (Å²) in [4.78, 5) is 0. The Labute approximate surface area is 96.6 Å². The fourth-order valence-corrected chi connectivity index (χ4v) is 1.94. The maximum absolute atomic E-state index is 13.5. The van der Waals surface area contributed by atoms with E-state index in [9.17, 15) is 8.78 Å². The molecule has 0 aliphatic heterocycles. The summed E-state index contributed by atoms with van der Waals surface area (Å²) < 4.78 is 31.3. The Balaban J connectivity index is 2.41. The number of hydrogen-bond donors (Lipinski definition) is 0. The Morgan fingerprint density at radius 2 is 1.94 bits per heavy atom. The van der Waals surface area contributed by atoms with Crippen LogP contribution >= 0.6 is 11.6 Å². The molecule has 1 unspecified atom stereocenters. The number of hydrogen-bond acceptors (Lipinski definition) is 1. The van der Waals surface area contributed by atoms with Crippen LogP contribution in [-0.2, 0) is 0 Å². The fourth-order valence-electron chi connectivity index (χ4n) is 1.53. The molecular formula is C12H9ClF2O. The van der Waals surface area contributed by atoms with Gasteiger partial charge in [0.1, 0.15) is 17.4 Å². The van der Waals surface area contributed by atoms with Gasteiger partial charge in [-0.3, -0.25) is 0 Å². The minimum absolute atomic E-state index is 0.243. The van der Waals surface area contributed by atoms with Crippen molar-refractivity contribution >= 4 is 11.6 Å². The van der Waals surface area contributed by atoms with E-state index in [-0.39, 0.29) is 5.56 Å². The van der Waals surface area contributed by atoms with Gasteiger partial charge in [-0.2, -0.15) is 0 Å². The minimum Gasteiger partial charge on any atom is -0.469 e. The molecule has 0 bridgehead atoms. The summed E-state index contributed by atoms with van der Waals surface area (Å²) >= 11 is 6.11. The molecule has 1 nitrogen and oxygen atoms in total. The molecule has 0 saturated heterocycles. The third-order valence-corrected chi connectivity index (χ3v) is 2.88. The van der Waals surface area contributed by atoms with Crippen LogP contribution < -0.4 is 0 Å². The maximum atomic E-state index is 13.5. The fraction of sp³-hybridized carbons (Fsp3) is 0.167. The molecule has 0 fully saturated rings. The van der Waals surface area contributed by atoms with Crippen LogP contribution in [0.4, 0.5) is 8.78 Å². The Bertz CT molecular complexity index is 507. The summed E-state index contributed by atoms with van der Waals surface area (Å²) in [6, 6.07) is 5.02. The highest BCUT2D eigenvalue weighted by molar-refractivity contribution is 6.22. The largest absolute Gasteiger partial charge is 0.469 e. The molecule has 0 radical (unpaired) electrons. The van der Waals surface area contributed by atoms with Gasteiger partial charge in [-0.05, 0) is 19.1 Å². The van der Waals surface area contributed by atoms with E-state index in [1.54, 1.807) is 13.0 Å². The van der Waals surface area contributed by atoms with Crippen molar-refractivity contribution < 1.29 is 13.2 Å². The Morgan fingerprint density at radius 3 is 2.50 bits per heavy atom. The predicted molar refractivity (Wildman–Crippen MR) is 57.5 cm³/mol. The zero-order chi connectivity index (χ0) is 11.7. The smallest absolute Gasteiger partial charge is 0.131 e. The van der Waals surface area contributed by atoms with Crippen molar-refractivity contribution in [3.8, 4) is 0 Å². The van der Waals surface area contributed by atoms with Gasteiger partial charge < -0.3 is 4.42 Å². The number of aryl methyl sites for hydroxylation is 1. The van der Waals surface area contributed by atoms with Gasteiger partial charge in [0.25, 0.3) is 0 Å². The molecule has 0 amide bonds. The third kappa shape index (κ3) is 1.95. The van der Waals surface area contributed by atoms with Gasteiger partial charge in [0, 0.05) is 17.2 Å². The highest BCUT2D eigenvalue weighted by Gasteiger charge is 2.18. The van der Waals surface area contributed by atoms with Crippen LogP contribution in [0, 0.1) is 18.6 Å². The van der Waals surface area contributed by atoms with Crippen LogP contribution in [-0.4, -0.2) is 0 Å². The van der Waals surface area contributed by atoms with Crippen molar-refractivity contribution in [2.45, 2.75) is 12.3 Å². The van der Waals surface area contributed by atoms with Gasteiger partial charge in [-0.15, -0.1) is 11.6 Å². The Kier molecular flexibility index (Phi) is 2.97. The van der Waals surface area contributed by atoms with E-state index >= 15 is 0 Å². The van der Waals surface area contributed by atoms with Gasteiger partial charge in [-0.1, -0.05) is 6.07 Å². The predicted octanol–water partition coefficient (Wildman–Crippen LogP) is 4.19. The van der Waals surface area contributed by atoms with Crippen LogP contribution in [0.2, 0.25) is 0 Å². The molecule has 1 aromatic carbocycles. The molecule has 0 aliphatic rings. The van der Waals surface area contributed by atoms with E-state index in [0.717, 1.165) is 6.07 Å². The van der Waals surface area contributed by atoms with Gasteiger partial charge in [0.2, 0.25) is 0 Å². The molecule has 0 saturated carbocycles. The quantitative estimate of drug-likeness (QED) is 0.720. The summed E-state index contributed by atoms with van der Waals surface area (Å²) in [5.41, 5.74) is 0.930. The summed E-state index contributed by atoms with van der Waals surface area (Å²) in [5, 5.41) is -0.667. The van der Waals surface area contributed by atoms with Crippen molar-refractivity contribution in [2.24, 2.45) is 0 Å². The lowest BCUT2D eigenvalue weighted by atomic mass is 10.0. The Hall–Kier alpha value is -1.35. The molecule has 0 spiro atoms. The summed E-state index contributed by atoms with van der Waals surface area (Å²) in [5.74, 6) is -0.640. The molecule has 1 heterocycles. The van der Waals surface area contributed by atoms with Gasteiger partial charge in [-0.25, -0.2) is 8.78 Å². The highest BCUT2D eigenvalue weighted by Crippen LogP contribution is 2.33. The number of rotatable bonds is 2. The Morgan fingerprint density at radius 1 is 1.19 bits per heavy atom. The number of halogens is 3. The first-order chi connectivity index (χ1) is 7.59. The van der Waals surface area contributed by atoms with E-state index in [1.165, 1.54) is 18.4 Å². The average molecular weight is 243 g/mol. The summed E-state index contributed by atoms with van der Waals surface area (Å²) in [6.45, 7) is 1.74. The topological polar surface area (TPSA) is 13.1 Å². The third-order valence-electron chi connectivity index (χ3n) is 2.41. The molecule has 2 aromatic rings. The SMILES string of the molecule is Cc1occc1C(Cl)c1ccc(F)cc1F. The first-order valence-corrected chi connectivity index (χ1v) is 5.16. The lowest BCUT2D eigenvalue weighted by Gasteiger charge is -2.09. The lowest BCUT2D eigenvalue weighted by molar-refractivity contribution is 0.529. The normalized spacial score (nSPS) is 12.8. The van der Waals surface area contributed by atoms with Crippen LogP contribution in [0.15, 0.2) is 34.9 Å². The van der Waals surface area contributed by atoms with Gasteiger partial charge in [0.05, 0.1) is 11.6 Å². The van der Waals surface area contributed by atoms with Crippen LogP contribution in [0.25, 0.3) is 0 Å². The van der Waals surface area contributed by atoms with E-state index in [0.29, 0.717) is 11.3 Å². The summed E-state index contributed by atoms with van der Waals surface area (Å²) in [6.07, 6.45) is 1.49. The van der Waals surface area contributed by atoms with E-state index in [1.807, 2.05) is 0 Å². The molecular weight excluding hydrogens is 234 g/mol. The van der Waals surface area contributed by atoms with Crippen LogP contribution in [0.1, 0.15) is 22.3 Å². The molecule has 1 aromatic heterocycles. The molecule has 0 N–H and O–H groups in total. The van der Waals surface area contributed by atoms with E-state index < -0.39 is 17.0 Å². The monoisotopic (exact) mass is 242 g/mol. The van der Waals surface area contributed by atoms with Gasteiger partial charge in [0.15, 0.2) is 0 Å². The number of furan rings is 1. The molecule has 16 heavy (non-hydrogen) atoms. The van der Waals surface area contributed by atoms with Crippen molar-refractivity contribution in [2.75, 3.05) is 0 Å². The van der Waals surface area contributed by atoms with Crippen molar-refractivity contribution in [1.29, 1.82) is 0 Å². The second-order valence-electron chi connectivity index (χ2n) is 3.46. The molecule has 1 atom stereocenters. The standard InChI is InChI=1S/C12H9ClF2O/c1-7-9(4-5-16-7)12(13)10-3-2-8(14)6-11(10)15/h2-6,12H,1H3. The minimum atomic E-state index is -0.667. The number of benzene rings is 1. The van der Waals surface area contributed by atoms with Crippen molar-refractivity contribution in [1.82, 2.24) is 0 Å². The van der Waals surface area contributed by atoms with E-state index in [2.05, 4.69) is 0 Å². The molecule has 4 heteroatoms. The van der Waals surface area contributed by atoms with Crippen molar-refractivity contribution in [3.63, 3.8) is 0 Å². The molecule has 84 valence electrons. The molecule has 0 aliphatic carbocycles. The zero-order valence-corrected chi connectivity index (χ0v) is 9.26. The van der Waals surface area contributed by atoms with Gasteiger partial charge >= 0.3 is 0 Å².